The Balaban J connectivity index is 1.10. The maximum Gasteiger partial charge on any atom is 0.255 e. The van der Waals surface area contributed by atoms with E-state index >= 15 is 0 Å². The van der Waals surface area contributed by atoms with Crippen molar-refractivity contribution in [2.45, 2.75) is 25.4 Å². The van der Waals surface area contributed by atoms with Gasteiger partial charge in [0.05, 0.1) is 34.3 Å². The van der Waals surface area contributed by atoms with Crippen molar-refractivity contribution < 1.29 is 0 Å². The van der Waals surface area contributed by atoms with Crippen LogP contribution in [0.5, 0.6) is 0 Å². The summed E-state index contributed by atoms with van der Waals surface area (Å²) in [4.78, 5) is 32.2. The minimum absolute atomic E-state index is 0.0715. The van der Waals surface area contributed by atoms with Gasteiger partial charge in [-0.15, -0.1) is 5.10 Å². The first-order valence-electron chi connectivity index (χ1n) is 13.4. The average Bonchev–Trinajstić information content (AvgIpc) is 3.62. The molecule has 0 saturated heterocycles. The summed E-state index contributed by atoms with van der Waals surface area (Å²) in [6, 6.07) is 13.6. The number of nitrogens with zero attached hydrogens (tertiary/aromatic N) is 5. The van der Waals surface area contributed by atoms with E-state index < -0.39 is 10.9 Å². The number of benzene rings is 2. The highest BCUT2D eigenvalue weighted by Crippen LogP contribution is 2.33. The number of aryl methyl sites for hydroxylation is 1. The summed E-state index contributed by atoms with van der Waals surface area (Å²) >= 11 is 0. The van der Waals surface area contributed by atoms with Crippen LogP contribution in [0.15, 0.2) is 82.8 Å². The van der Waals surface area contributed by atoms with Gasteiger partial charge >= 0.3 is 0 Å². The second kappa shape index (κ2) is 10.9. The topological polar surface area (TPSA) is 204 Å². The third-order valence-electron chi connectivity index (χ3n) is 7.56. The summed E-state index contributed by atoms with van der Waals surface area (Å²) in [5.41, 5.74) is 19.9. The lowest BCUT2D eigenvalue weighted by atomic mass is 10.0. The molecule has 3 aromatic carbocycles. The summed E-state index contributed by atoms with van der Waals surface area (Å²) in [6.45, 7) is 8.83. The number of hydrazone groups is 1. The monoisotopic (exact) mass is 575 g/mol. The van der Waals surface area contributed by atoms with E-state index in [0.717, 1.165) is 29.4 Å². The van der Waals surface area contributed by atoms with Crippen molar-refractivity contribution in [2.24, 2.45) is 16.7 Å². The second-order valence-electron chi connectivity index (χ2n) is 10.3. The largest absolute Gasteiger partial charge is 0.394 e. The van der Waals surface area contributed by atoms with Crippen molar-refractivity contribution in [1.29, 1.82) is 0 Å². The van der Waals surface area contributed by atoms with E-state index in [1.807, 2.05) is 42.5 Å². The van der Waals surface area contributed by atoms with E-state index in [2.05, 4.69) is 49.5 Å². The SMILES string of the molecule is C=C(NCc1ccc2cn(-c3c(N)c(=O)c3=O)nc2c1)c1cc(C(=C)N[C@H]2CCc3cc(/C(N)=N/NN)ccc32)ncn1. The molecule has 0 aliphatic heterocycles. The van der Waals surface area contributed by atoms with Crippen LogP contribution in [0.25, 0.3) is 28.0 Å². The number of hydrogen-bond acceptors (Lipinski definition) is 11. The van der Waals surface area contributed by atoms with Crippen molar-refractivity contribution in [2.75, 3.05) is 5.73 Å². The summed E-state index contributed by atoms with van der Waals surface area (Å²) in [7, 11) is 0. The molecule has 9 N–H and O–H groups in total. The van der Waals surface area contributed by atoms with Crippen LogP contribution < -0.4 is 44.3 Å². The normalized spacial score (nSPS) is 14.5. The van der Waals surface area contributed by atoms with Gasteiger partial charge in [0.15, 0.2) is 5.84 Å². The molecule has 0 bridgehead atoms. The van der Waals surface area contributed by atoms with Crippen molar-refractivity contribution in [1.82, 2.24) is 35.9 Å². The second-order valence-corrected chi connectivity index (χ2v) is 10.3. The minimum Gasteiger partial charge on any atom is -0.394 e. The van der Waals surface area contributed by atoms with E-state index in [9.17, 15) is 9.59 Å². The highest BCUT2D eigenvalue weighted by atomic mass is 16.2. The Labute approximate surface area is 245 Å². The number of rotatable bonds is 10. The van der Waals surface area contributed by atoms with Gasteiger partial charge in [-0.1, -0.05) is 37.4 Å². The molecule has 43 heavy (non-hydrogen) atoms. The molecule has 0 amide bonds. The van der Waals surface area contributed by atoms with E-state index in [4.69, 9.17) is 17.3 Å². The van der Waals surface area contributed by atoms with Gasteiger partial charge in [0.1, 0.15) is 17.7 Å². The number of nitrogen functional groups attached to an aromatic ring is 1. The molecule has 0 saturated carbocycles. The maximum absolute atomic E-state index is 11.9. The molecular weight excluding hydrogens is 546 g/mol. The standard InChI is InChI=1S/C30H29N11O2/c1-15(34-12-17-3-4-20-13-41(39-25(20)9-17)27-26(31)28(42)29(27)43)23-11-24(36-14-35-23)16(2)37-22-8-6-18-10-19(5-7-21(18)22)30(32)38-40-33/h3-5,7,9-11,13-14,22,34,37,40H,1-2,6,8,12,31,33H2,(H2,32,38)/t22-/m0/s1. The first kappa shape index (κ1) is 27.4. The molecule has 0 unspecified atom stereocenters. The quantitative estimate of drug-likeness (QED) is 0.0457. The first-order chi connectivity index (χ1) is 20.7. The molecule has 216 valence electrons. The van der Waals surface area contributed by atoms with Gasteiger partial charge in [0.2, 0.25) is 0 Å². The van der Waals surface area contributed by atoms with Crippen molar-refractivity contribution in [3.63, 3.8) is 0 Å². The smallest absolute Gasteiger partial charge is 0.255 e. The van der Waals surface area contributed by atoms with Gasteiger partial charge in [-0.25, -0.2) is 26.0 Å². The Morgan fingerprint density at radius 2 is 1.84 bits per heavy atom. The van der Waals surface area contributed by atoms with Crippen LogP contribution in [-0.4, -0.2) is 25.6 Å². The van der Waals surface area contributed by atoms with E-state index in [-0.39, 0.29) is 17.4 Å². The summed E-state index contributed by atoms with van der Waals surface area (Å²) < 4.78 is 1.36. The van der Waals surface area contributed by atoms with Crippen molar-refractivity contribution in [3.05, 3.63) is 122 Å². The van der Waals surface area contributed by atoms with Crippen LogP contribution in [0.4, 0.5) is 5.69 Å². The number of amidine groups is 1. The lowest BCUT2D eigenvalue weighted by Gasteiger charge is -2.18. The number of fused-ring (bicyclic) bond motifs is 2. The summed E-state index contributed by atoms with van der Waals surface area (Å²) in [5.74, 6) is 5.57. The van der Waals surface area contributed by atoms with E-state index in [0.29, 0.717) is 40.7 Å². The molecule has 0 radical (unpaired) electrons. The van der Waals surface area contributed by atoms with Gasteiger partial charge < -0.3 is 22.1 Å². The Kier molecular flexibility index (Phi) is 6.92. The van der Waals surface area contributed by atoms with Crippen LogP contribution in [0, 0.1) is 0 Å². The number of hydrazine groups is 1. The average molecular weight is 576 g/mol. The molecule has 5 aromatic rings. The van der Waals surface area contributed by atoms with Crippen molar-refractivity contribution >= 4 is 33.8 Å². The first-order valence-corrected chi connectivity index (χ1v) is 13.4. The molecular formula is C30H29N11O2. The van der Waals surface area contributed by atoms with Gasteiger partial charge in [-0.05, 0) is 47.7 Å². The Morgan fingerprint density at radius 3 is 2.60 bits per heavy atom. The van der Waals surface area contributed by atoms with Crippen LogP contribution >= 0.6 is 0 Å². The molecule has 1 aliphatic carbocycles. The minimum atomic E-state index is -0.679. The zero-order valence-corrected chi connectivity index (χ0v) is 23.1. The fourth-order valence-electron chi connectivity index (χ4n) is 5.24. The predicted molar refractivity (Wildman–Crippen MR) is 166 cm³/mol. The molecule has 0 fully saturated rings. The third-order valence-corrected chi connectivity index (χ3v) is 7.56. The lowest BCUT2D eigenvalue weighted by molar-refractivity contribution is 0.627. The Morgan fingerprint density at radius 1 is 1.05 bits per heavy atom. The van der Waals surface area contributed by atoms with Crippen LogP contribution in [0.3, 0.4) is 0 Å². The Hall–Kier alpha value is -5.82. The zero-order valence-electron chi connectivity index (χ0n) is 23.1. The van der Waals surface area contributed by atoms with Gasteiger partial charge in [-0.3, -0.25) is 9.59 Å². The number of hydrogen-bond donors (Lipinski definition) is 6. The molecule has 1 aliphatic rings. The zero-order chi connectivity index (χ0) is 30.2. The van der Waals surface area contributed by atoms with E-state index in [1.165, 1.54) is 22.1 Å². The number of aromatic nitrogens is 4. The number of nitrogens with one attached hydrogen (secondary N) is 3. The molecule has 13 nitrogen and oxygen atoms in total. The molecule has 13 heteroatoms. The van der Waals surface area contributed by atoms with Crippen LogP contribution in [-0.2, 0) is 13.0 Å². The molecule has 2 heterocycles. The van der Waals surface area contributed by atoms with Gasteiger partial charge in [0.25, 0.3) is 10.9 Å². The molecule has 2 aromatic heterocycles. The predicted octanol–water partition coefficient (Wildman–Crippen LogP) is 1.09. The lowest BCUT2D eigenvalue weighted by Crippen LogP contribution is -2.38. The van der Waals surface area contributed by atoms with E-state index in [1.54, 1.807) is 6.20 Å². The molecule has 1 atom stereocenters. The molecule has 0 spiro atoms. The highest BCUT2D eigenvalue weighted by molar-refractivity contribution is 5.97. The van der Waals surface area contributed by atoms with Gasteiger partial charge in [0, 0.05) is 23.7 Å². The fraction of sp³-hybridized carbons (Fsp3) is 0.133. The van der Waals surface area contributed by atoms with Gasteiger partial charge in [-0.2, -0.15) is 5.10 Å². The summed E-state index contributed by atoms with van der Waals surface area (Å²) in [5, 5.41) is 15.9. The molecule has 6 rings (SSSR count). The number of nitrogens with two attached hydrogens (primary N) is 3. The highest BCUT2D eigenvalue weighted by Gasteiger charge is 2.24. The van der Waals surface area contributed by atoms with Crippen molar-refractivity contribution in [3.8, 4) is 5.69 Å². The third kappa shape index (κ3) is 5.08. The fourth-order valence-corrected chi connectivity index (χ4v) is 5.24. The van der Waals surface area contributed by atoms with Crippen LogP contribution in [0.1, 0.15) is 46.1 Å². The Bertz CT molecular complexity index is 2020. The maximum atomic E-state index is 11.9. The number of anilines is 1. The summed E-state index contributed by atoms with van der Waals surface area (Å²) in [6.07, 6.45) is 4.95. The van der Waals surface area contributed by atoms with Crippen LogP contribution in [0.2, 0.25) is 0 Å².